The Morgan fingerprint density at radius 1 is 1.21 bits per heavy atom. The van der Waals surface area contributed by atoms with Gasteiger partial charge in [-0.15, -0.1) is 6.58 Å². The molecule has 3 nitrogen and oxygen atoms in total. The third kappa shape index (κ3) is 3.00. The minimum atomic E-state index is -2.67. The third-order valence-electron chi connectivity index (χ3n) is 3.93. The van der Waals surface area contributed by atoms with Crippen molar-refractivity contribution in [1.82, 2.24) is 0 Å². The van der Waals surface area contributed by atoms with E-state index in [-0.39, 0.29) is 0 Å². The molecule has 0 radical (unpaired) electrons. The summed E-state index contributed by atoms with van der Waals surface area (Å²) >= 11 is 0. The molecule has 0 spiro atoms. The maximum atomic E-state index is 5.61. The second kappa shape index (κ2) is 6.32. The smallest absolute Gasteiger partial charge is 0.374 e. The van der Waals surface area contributed by atoms with Crippen LogP contribution in [0.15, 0.2) is 34.7 Å². The Labute approximate surface area is 119 Å². The number of hydrogen-bond acceptors (Lipinski definition) is 3. The quantitative estimate of drug-likeness (QED) is 0.532. The lowest BCUT2D eigenvalue weighted by atomic mass is 10.3. The van der Waals surface area contributed by atoms with Crippen LogP contribution in [0.2, 0.25) is 19.1 Å². The van der Waals surface area contributed by atoms with Crippen LogP contribution in [0.1, 0.15) is 13.3 Å². The highest BCUT2D eigenvalue weighted by Gasteiger charge is 2.46. The average Bonchev–Trinajstić information content (AvgIpc) is 2.76. The van der Waals surface area contributed by atoms with Gasteiger partial charge in [0.25, 0.3) is 0 Å². The molecule has 1 aliphatic carbocycles. The molecule has 0 bridgehead atoms. The number of hydrogen-bond donors (Lipinski definition) is 0. The van der Waals surface area contributed by atoms with Crippen molar-refractivity contribution in [3.8, 4) is 0 Å². The van der Waals surface area contributed by atoms with Crippen LogP contribution in [0, 0.1) is 0 Å². The fourth-order valence-corrected chi connectivity index (χ4v) is 7.97. The predicted octanol–water partition coefficient (Wildman–Crippen LogP) is 3.48. The lowest BCUT2D eigenvalue weighted by molar-refractivity contribution is 0.134. The fraction of sp³-hybridized carbons (Fsp3) is 0.571. The lowest BCUT2D eigenvalue weighted by Gasteiger charge is -2.28. The van der Waals surface area contributed by atoms with Crippen LogP contribution in [0.5, 0.6) is 0 Å². The second-order valence-corrected chi connectivity index (χ2v) is 13.1. The molecule has 0 saturated carbocycles. The molecule has 0 amide bonds. The van der Waals surface area contributed by atoms with Crippen molar-refractivity contribution in [2.75, 3.05) is 21.3 Å². The van der Waals surface area contributed by atoms with Gasteiger partial charge in [0.05, 0.1) is 8.07 Å². The molecule has 1 rings (SSSR count). The Morgan fingerprint density at radius 2 is 1.74 bits per heavy atom. The minimum Gasteiger partial charge on any atom is -0.374 e. The zero-order chi connectivity index (χ0) is 14.7. The molecule has 0 aromatic heterocycles. The molecule has 1 aliphatic rings. The van der Waals surface area contributed by atoms with Gasteiger partial charge in [0.1, 0.15) is 0 Å². The first-order valence-corrected chi connectivity index (χ1v) is 11.5. The van der Waals surface area contributed by atoms with Crippen molar-refractivity contribution >= 4 is 16.9 Å². The van der Waals surface area contributed by atoms with Crippen LogP contribution in [0.3, 0.4) is 0 Å². The molecule has 0 atom stereocenters. The predicted molar refractivity (Wildman–Crippen MR) is 84.7 cm³/mol. The van der Waals surface area contributed by atoms with Crippen molar-refractivity contribution < 1.29 is 13.3 Å². The van der Waals surface area contributed by atoms with E-state index in [9.17, 15) is 0 Å². The average molecular weight is 299 g/mol. The van der Waals surface area contributed by atoms with Crippen LogP contribution in [-0.4, -0.2) is 38.2 Å². The Balaban J connectivity index is 3.15. The van der Waals surface area contributed by atoms with Gasteiger partial charge in [-0.3, -0.25) is 0 Å². The minimum absolute atomic E-state index is 0.885. The van der Waals surface area contributed by atoms with Gasteiger partial charge in [-0.05, 0) is 25.0 Å². The first-order valence-electron chi connectivity index (χ1n) is 6.56. The molecule has 0 aromatic carbocycles. The summed E-state index contributed by atoms with van der Waals surface area (Å²) in [5.74, 6) is 0. The van der Waals surface area contributed by atoms with Gasteiger partial charge in [0.2, 0.25) is 0 Å². The van der Waals surface area contributed by atoms with E-state index in [1.54, 1.807) is 21.3 Å². The van der Waals surface area contributed by atoms with Gasteiger partial charge in [-0.2, -0.15) is 0 Å². The van der Waals surface area contributed by atoms with Crippen LogP contribution in [0.25, 0.3) is 0 Å². The molecule has 0 N–H and O–H groups in total. The molecule has 0 unspecified atom stereocenters. The van der Waals surface area contributed by atoms with Crippen LogP contribution >= 0.6 is 0 Å². The highest BCUT2D eigenvalue weighted by Crippen LogP contribution is 2.38. The number of rotatable bonds is 7. The van der Waals surface area contributed by atoms with E-state index >= 15 is 0 Å². The van der Waals surface area contributed by atoms with Crippen molar-refractivity contribution in [1.29, 1.82) is 0 Å². The Morgan fingerprint density at radius 3 is 2.16 bits per heavy atom. The lowest BCUT2D eigenvalue weighted by Crippen LogP contribution is -2.45. The topological polar surface area (TPSA) is 27.7 Å². The molecule has 5 heteroatoms. The van der Waals surface area contributed by atoms with E-state index in [4.69, 9.17) is 13.3 Å². The van der Waals surface area contributed by atoms with Crippen molar-refractivity contribution in [3.05, 3.63) is 34.7 Å². The Bertz CT molecular complexity index is 399. The number of allylic oxidation sites excluding steroid dienone is 5. The maximum Gasteiger partial charge on any atom is 0.532 e. The van der Waals surface area contributed by atoms with E-state index in [0.29, 0.717) is 0 Å². The van der Waals surface area contributed by atoms with E-state index in [1.807, 2.05) is 6.08 Å². The highest BCUT2D eigenvalue weighted by atomic mass is 28.4. The van der Waals surface area contributed by atoms with E-state index in [0.717, 1.165) is 12.5 Å². The summed E-state index contributed by atoms with van der Waals surface area (Å²) in [5, 5.41) is 2.70. The van der Waals surface area contributed by atoms with E-state index < -0.39 is 16.9 Å². The first kappa shape index (κ1) is 16.6. The second-order valence-electron chi connectivity index (χ2n) is 5.47. The van der Waals surface area contributed by atoms with Gasteiger partial charge in [0, 0.05) is 26.5 Å². The fourth-order valence-electron chi connectivity index (χ4n) is 2.90. The molecule has 19 heavy (non-hydrogen) atoms. The van der Waals surface area contributed by atoms with Crippen LogP contribution < -0.4 is 0 Å². The standard InChI is InChI=1S/C14H26O3Si2/c1-8-11-18(6,7)13-9-10-14(12(13)2)19(15-3,16-4)17-5/h8-9H,1,10-11H2,2-7H3. The third-order valence-corrected chi connectivity index (χ3v) is 10.2. The molecule has 0 saturated heterocycles. The molecular weight excluding hydrogens is 272 g/mol. The molecule has 108 valence electrons. The summed E-state index contributed by atoms with van der Waals surface area (Å²) in [5.41, 5.74) is 1.32. The molecule has 0 heterocycles. The van der Waals surface area contributed by atoms with Gasteiger partial charge in [-0.1, -0.05) is 30.4 Å². The summed E-state index contributed by atoms with van der Waals surface area (Å²) in [6.45, 7) is 10.8. The van der Waals surface area contributed by atoms with E-state index in [2.05, 4.69) is 32.7 Å². The van der Waals surface area contributed by atoms with E-state index in [1.165, 1.54) is 16.0 Å². The van der Waals surface area contributed by atoms with Crippen molar-refractivity contribution in [2.45, 2.75) is 32.5 Å². The summed E-state index contributed by atoms with van der Waals surface area (Å²) < 4.78 is 16.8. The summed E-state index contributed by atoms with van der Waals surface area (Å²) in [6.07, 6.45) is 5.25. The largest absolute Gasteiger partial charge is 0.532 e. The summed E-state index contributed by atoms with van der Waals surface area (Å²) in [7, 11) is 0.893. The first-order chi connectivity index (χ1) is 8.88. The molecule has 0 fully saturated rings. The Kier molecular flexibility index (Phi) is 5.52. The normalized spacial score (nSPS) is 16.8. The van der Waals surface area contributed by atoms with Crippen LogP contribution in [0.4, 0.5) is 0 Å². The summed E-state index contributed by atoms with van der Waals surface area (Å²) in [6, 6.07) is 1.09. The molecular formula is C14H26O3Si2. The maximum absolute atomic E-state index is 5.61. The molecule has 0 aromatic rings. The van der Waals surface area contributed by atoms with Crippen molar-refractivity contribution in [3.63, 3.8) is 0 Å². The Hall–Kier alpha value is -0.466. The van der Waals surface area contributed by atoms with Crippen LogP contribution in [-0.2, 0) is 13.3 Å². The van der Waals surface area contributed by atoms with Gasteiger partial charge in [0.15, 0.2) is 0 Å². The monoisotopic (exact) mass is 298 g/mol. The zero-order valence-electron chi connectivity index (χ0n) is 13.0. The van der Waals surface area contributed by atoms with Gasteiger partial charge >= 0.3 is 8.80 Å². The molecule has 0 aliphatic heterocycles. The highest BCUT2D eigenvalue weighted by molar-refractivity contribution is 6.86. The SMILES string of the molecule is C=CC[Si](C)(C)C1=CCC([Si](OC)(OC)OC)=C1C. The van der Waals surface area contributed by atoms with Gasteiger partial charge in [-0.25, -0.2) is 0 Å². The van der Waals surface area contributed by atoms with Crippen molar-refractivity contribution in [2.24, 2.45) is 0 Å². The summed E-state index contributed by atoms with van der Waals surface area (Å²) in [4.78, 5) is 0. The zero-order valence-corrected chi connectivity index (χ0v) is 15.0. The van der Waals surface area contributed by atoms with Gasteiger partial charge < -0.3 is 13.3 Å².